The molecular weight excluding hydrogens is 398 g/mol. The number of carbonyl (C=O) groups excluding carboxylic acids is 1. The van der Waals surface area contributed by atoms with Crippen LogP contribution in [-0.4, -0.2) is 53.2 Å². The molecular formula is C24H35NO4S. The maximum atomic E-state index is 12.2. The first kappa shape index (κ1) is 23.2. The van der Waals surface area contributed by atoms with E-state index < -0.39 is 16.8 Å². The molecule has 5 nitrogen and oxygen atoms in total. The van der Waals surface area contributed by atoms with Gasteiger partial charge in [-0.3, -0.25) is 0 Å². The summed E-state index contributed by atoms with van der Waals surface area (Å²) in [5.74, 6) is 0.511. The molecule has 30 heavy (non-hydrogen) atoms. The van der Waals surface area contributed by atoms with Gasteiger partial charge in [0, 0.05) is 19.7 Å². The largest absolute Gasteiger partial charge is 0.612 e. The van der Waals surface area contributed by atoms with Gasteiger partial charge in [0.15, 0.2) is 4.90 Å². The van der Waals surface area contributed by atoms with Crippen molar-refractivity contribution in [2.24, 2.45) is 5.92 Å². The molecule has 2 aliphatic rings. The summed E-state index contributed by atoms with van der Waals surface area (Å²) in [6, 6.07) is 8.06. The first-order valence-corrected chi connectivity index (χ1v) is 12.5. The van der Waals surface area contributed by atoms with Gasteiger partial charge in [-0.15, -0.1) is 0 Å². The van der Waals surface area contributed by atoms with Crippen molar-refractivity contribution in [3.63, 3.8) is 0 Å². The number of amides is 1. The number of benzene rings is 1. The molecule has 2 atom stereocenters. The molecule has 1 amide bonds. The highest BCUT2D eigenvalue weighted by Crippen LogP contribution is 2.30. The van der Waals surface area contributed by atoms with Gasteiger partial charge in [0.2, 0.25) is 0 Å². The quantitative estimate of drug-likeness (QED) is 0.612. The topological polar surface area (TPSA) is 61.8 Å². The van der Waals surface area contributed by atoms with E-state index in [-0.39, 0.29) is 12.2 Å². The van der Waals surface area contributed by atoms with Crippen molar-refractivity contribution < 1.29 is 18.8 Å². The Morgan fingerprint density at radius 2 is 1.83 bits per heavy atom. The van der Waals surface area contributed by atoms with Crippen molar-refractivity contribution in [2.45, 2.75) is 69.5 Å². The van der Waals surface area contributed by atoms with Gasteiger partial charge in [-0.1, -0.05) is 6.08 Å². The highest BCUT2D eigenvalue weighted by Gasteiger charge is 2.27. The molecule has 1 heterocycles. The van der Waals surface area contributed by atoms with E-state index in [1.807, 2.05) is 37.8 Å². The van der Waals surface area contributed by atoms with Gasteiger partial charge in [-0.05, 0) is 105 Å². The molecule has 1 saturated heterocycles. The number of allylic oxidation sites excluding steroid dienone is 1. The van der Waals surface area contributed by atoms with Gasteiger partial charge >= 0.3 is 6.09 Å². The fourth-order valence-electron chi connectivity index (χ4n) is 3.97. The molecule has 1 aromatic rings. The maximum absolute atomic E-state index is 12.2. The summed E-state index contributed by atoms with van der Waals surface area (Å²) in [6.07, 6.45) is 8.99. The number of carbonyl (C=O) groups is 1. The lowest BCUT2D eigenvalue weighted by molar-refractivity contribution is -0.00377. The molecule has 0 spiro atoms. The van der Waals surface area contributed by atoms with Crippen LogP contribution in [0.3, 0.4) is 0 Å². The molecule has 1 fully saturated rings. The number of hydrogen-bond acceptors (Lipinski definition) is 4. The minimum Gasteiger partial charge on any atom is -0.612 e. The van der Waals surface area contributed by atoms with Crippen LogP contribution in [0, 0.1) is 5.92 Å². The van der Waals surface area contributed by atoms with Gasteiger partial charge in [-0.2, -0.15) is 0 Å². The standard InChI is InChI=1S/C24H35NO4S/c1-24(2,3)29-23(26)25-15-13-18(14-16-25)17-28-21-9-5-19(6-10-21)20-7-11-22(12-8-20)30(4)27/h5,7-8,11-12,18,21H,6,9-10,13-17H2,1-4H3. The molecule has 0 aromatic heterocycles. The van der Waals surface area contributed by atoms with Crippen molar-refractivity contribution in [1.29, 1.82) is 0 Å². The number of rotatable bonds is 5. The number of ether oxygens (including phenoxy) is 2. The van der Waals surface area contributed by atoms with Crippen molar-refractivity contribution in [3.8, 4) is 0 Å². The van der Waals surface area contributed by atoms with Crippen LogP contribution in [0.15, 0.2) is 35.2 Å². The van der Waals surface area contributed by atoms with Crippen LogP contribution in [0.1, 0.15) is 58.4 Å². The Morgan fingerprint density at radius 3 is 2.37 bits per heavy atom. The Kier molecular flexibility index (Phi) is 7.88. The predicted octanol–water partition coefficient (Wildman–Crippen LogP) is 5.02. The van der Waals surface area contributed by atoms with E-state index in [9.17, 15) is 9.35 Å². The average molecular weight is 434 g/mol. The Bertz CT molecular complexity index is 731. The Morgan fingerprint density at radius 1 is 1.17 bits per heavy atom. The molecule has 6 heteroatoms. The van der Waals surface area contributed by atoms with Crippen molar-refractivity contribution in [3.05, 3.63) is 35.9 Å². The molecule has 166 valence electrons. The molecule has 1 aliphatic heterocycles. The minimum atomic E-state index is -0.931. The van der Waals surface area contributed by atoms with Gasteiger partial charge in [0.1, 0.15) is 11.9 Å². The zero-order chi connectivity index (χ0) is 21.7. The summed E-state index contributed by atoms with van der Waals surface area (Å²) in [5, 5.41) is 0. The summed E-state index contributed by atoms with van der Waals surface area (Å²) in [6.45, 7) is 7.97. The third-order valence-electron chi connectivity index (χ3n) is 5.75. The fraction of sp³-hybridized carbons (Fsp3) is 0.625. The predicted molar refractivity (Wildman–Crippen MR) is 121 cm³/mol. The summed E-state index contributed by atoms with van der Waals surface area (Å²) in [4.78, 5) is 14.9. The molecule has 3 rings (SSSR count). The molecule has 0 N–H and O–H groups in total. The summed E-state index contributed by atoms with van der Waals surface area (Å²) in [5.41, 5.74) is 2.13. The highest BCUT2D eigenvalue weighted by molar-refractivity contribution is 7.90. The summed E-state index contributed by atoms with van der Waals surface area (Å²) in [7, 11) is 0. The van der Waals surface area contributed by atoms with Gasteiger partial charge in [0.25, 0.3) is 0 Å². The van der Waals surface area contributed by atoms with Crippen molar-refractivity contribution in [1.82, 2.24) is 4.90 Å². The second-order valence-electron chi connectivity index (χ2n) is 9.35. The first-order valence-electron chi connectivity index (χ1n) is 10.9. The lowest BCUT2D eigenvalue weighted by Gasteiger charge is -2.34. The fourth-order valence-corrected chi connectivity index (χ4v) is 4.48. The molecule has 0 saturated carbocycles. The van der Waals surface area contributed by atoms with Crippen LogP contribution in [0.2, 0.25) is 0 Å². The molecule has 1 aliphatic carbocycles. The summed E-state index contributed by atoms with van der Waals surface area (Å²) >= 11 is -0.931. The molecule has 2 unspecified atom stereocenters. The van der Waals surface area contributed by atoms with Crippen LogP contribution >= 0.6 is 0 Å². The Hall–Kier alpha value is -1.50. The van der Waals surface area contributed by atoms with Crippen molar-refractivity contribution in [2.75, 3.05) is 26.0 Å². The van der Waals surface area contributed by atoms with E-state index in [0.717, 1.165) is 56.7 Å². The van der Waals surface area contributed by atoms with Crippen molar-refractivity contribution >= 4 is 22.8 Å². The maximum Gasteiger partial charge on any atom is 0.410 e. The number of nitrogens with zero attached hydrogens (tertiary/aromatic N) is 1. The van der Waals surface area contributed by atoms with Crippen LogP contribution in [0.25, 0.3) is 5.57 Å². The SMILES string of the molecule is C[S+]([O-])c1ccc(C2=CCC(OCC3CCN(C(=O)OC(C)(C)C)CC3)CC2)cc1. The van der Waals surface area contributed by atoms with E-state index in [1.165, 1.54) is 11.1 Å². The monoisotopic (exact) mass is 433 g/mol. The van der Waals surface area contributed by atoms with E-state index in [4.69, 9.17) is 9.47 Å². The van der Waals surface area contributed by atoms with Crippen LogP contribution in [0.4, 0.5) is 4.79 Å². The first-order chi connectivity index (χ1) is 14.2. The smallest absolute Gasteiger partial charge is 0.410 e. The normalized spacial score (nSPS) is 21.8. The second kappa shape index (κ2) is 10.2. The van der Waals surface area contributed by atoms with E-state index >= 15 is 0 Å². The number of likely N-dealkylation sites (tertiary alicyclic amines) is 1. The molecule has 0 bridgehead atoms. The van der Waals surface area contributed by atoms with E-state index in [2.05, 4.69) is 18.2 Å². The molecule has 1 aromatic carbocycles. The van der Waals surface area contributed by atoms with E-state index in [0.29, 0.717) is 5.92 Å². The van der Waals surface area contributed by atoms with Crippen LogP contribution < -0.4 is 0 Å². The Labute approximate surface area is 184 Å². The average Bonchev–Trinajstić information content (AvgIpc) is 2.72. The zero-order valence-electron chi connectivity index (χ0n) is 18.7. The highest BCUT2D eigenvalue weighted by atomic mass is 32.2. The van der Waals surface area contributed by atoms with Gasteiger partial charge in [-0.25, -0.2) is 4.79 Å². The summed E-state index contributed by atoms with van der Waals surface area (Å²) < 4.78 is 23.2. The third-order valence-corrected chi connectivity index (χ3v) is 6.69. The van der Waals surface area contributed by atoms with Crippen LogP contribution in [-0.2, 0) is 20.6 Å². The third kappa shape index (κ3) is 6.76. The zero-order valence-corrected chi connectivity index (χ0v) is 19.5. The lowest BCUT2D eigenvalue weighted by atomic mass is 9.92. The van der Waals surface area contributed by atoms with Gasteiger partial charge in [0.05, 0.1) is 6.10 Å². The Balaban J connectivity index is 1.39. The minimum absolute atomic E-state index is 0.204. The second-order valence-corrected chi connectivity index (χ2v) is 10.7. The van der Waals surface area contributed by atoms with Gasteiger partial charge < -0.3 is 18.9 Å². The molecule has 0 radical (unpaired) electrons. The van der Waals surface area contributed by atoms with Crippen LogP contribution in [0.5, 0.6) is 0 Å². The lowest BCUT2D eigenvalue weighted by Crippen LogP contribution is -2.42. The number of piperidine rings is 1. The van der Waals surface area contributed by atoms with E-state index in [1.54, 1.807) is 6.26 Å². The number of hydrogen-bond donors (Lipinski definition) is 0.